The Labute approximate surface area is 134 Å². The van der Waals surface area contributed by atoms with Gasteiger partial charge in [0.1, 0.15) is 0 Å². The Kier molecular flexibility index (Phi) is 7.50. The zero-order valence-electron chi connectivity index (χ0n) is 11.9. The van der Waals surface area contributed by atoms with E-state index in [9.17, 15) is 9.59 Å². The Bertz CT molecular complexity index is 509. The minimum absolute atomic E-state index is 0.0222. The molecule has 3 N–H and O–H groups in total. The van der Waals surface area contributed by atoms with E-state index in [0.29, 0.717) is 22.3 Å². The van der Waals surface area contributed by atoms with E-state index in [-0.39, 0.29) is 31.3 Å². The van der Waals surface area contributed by atoms with E-state index < -0.39 is 0 Å². The number of nitrogens with zero attached hydrogens (tertiary/aromatic N) is 1. The first kappa shape index (κ1) is 17.8. The second kappa shape index (κ2) is 8.87. The van der Waals surface area contributed by atoms with Gasteiger partial charge in [-0.25, -0.2) is 0 Å². The third-order valence-corrected chi connectivity index (χ3v) is 3.29. The maximum atomic E-state index is 12.0. The minimum atomic E-state index is -0.307. The number of nitrogens with one attached hydrogen (secondary N) is 1. The number of carbonyl (C=O) groups excluding carboxylic acids is 2. The second-order valence-corrected chi connectivity index (χ2v) is 5.37. The first-order valence-electron chi connectivity index (χ1n) is 6.70. The molecule has 0 saturated heterocycles. The predicted octanol–water partition coefficient (Wildman–Crippen LogP) is 2.52. The number of hydrogen-bond donors (Lipinski definition) is 2. The first-order chi connectivity index (χ1) is 9.97. The fourth-order valence-corrected chi connectivity index (χ4v) is 2.25. The molecule has 7 heteroatoms. The van der Waals surface area contributed by atoms with E-state index in [4.69, 9.17) is 28.9 Å². The van der Waals surface area contributed by atoms with Crippen molar-refractivity contribution in [2.75, 3.05) is 25.0 Å². The van der Waals surface area contributed by atoms with Gasteiger partial charge in [0.25, 0.3) is 0 Å². The van der Waals surface area contributed by atoms with Crippen molar-refractivity contribution in [3.8, 4) is 0 Å². The lowest BCUT2D eigenvalue weighted by Crippen LogP contribution is -2.39. The predicted molar refractivity (Wildman–Crippen MR) is 85.6 cm³/mol. The summed E-state index contributed by atoms with van der Waals surface area (Å²) in [6.45, 7) is 2.70. The van der Waals surface area contributed by atoms with Gasteiger partial charge < -0.3 is 16.0 Å². The average molecular weight is 332 g/mol. The lowest BCUT2D eigenvalue weighted by atomic mass is 10.3. The normalized spacial score (nSPS) is 10.3. The van der Waals surface area contributed by atoms with Gasteiger partial charge in [0.15, 0.2) is 0 Å². The van der Waals surface area contributed by atoms with Crippen LogP contribution in [-0.2, 0) is 9.59 Å². The van der Waals surface area contributed by atoms with Gasteiger partial charge in [0.2, 0.25) is 11.8 Å². The number of halogens is 2. The van der Waals surface area contributed by atoms with Crippen LogP contribution in [0.1, 0.15) is 19.8 Å². The lowest BCUT2D eigenvalue weighted by Gasteiger charge is -2.21. The van der Waals surface area contributed by atoms with Crippen molar-refractivity contribution in [2.24, 2.45) is 5.73 Å². The van der Waals surface area contributed by atoms with Crippen molar-refractivity contribution in [1.82, 2.24) is 4.90 Å². The van der Waals surface area contributed by atoms with Crippen LogP contribution < -0.4 is 11.1 Å². The monoisotopic (exact) mass is 331 g/mol. The molecule has 0 spiro atoms. The van der Waals surface area contributed by atoms with Crippen LogP contribution in [0.15, 0.2) is 18.2 Å². The number of anilines is 1. The van der Waals surface area contributed by atoms with Crippen molar-refractivity contribution in [3.05, 3.63) is 28.2 Å². The quantitative estimate of drug-likeness (QED) is 0.806. The third-order valence-electron chi connectivity index (χ3n) is 2.74. The molecule has 1 rings (SSSR count). The molecule has 21 heavy (non-hydrogen) atoms. The Morgan fingerprint density at radius 1 is 1.33 bits per heavy atom. The largest absolute Gasteiger partial charge is 0.333 e. The van der Waals surface area contributed by atoms with E-state index in [1.165, 1.54) is 4.90 Å². The summed E-state index contributed by atoms with van der Waals surface area (Å²) in [7, 11) is 0. The van der Waals surface area contributed by atoms with Gasteiger partial charge in [0, 0.05) is 24.5 Å². The van der Waals surface area contributed by atoms with Crippen molar-refractivity contribution >= 4 is 40.7 Å². The number of nitrogens with two attached hydrogens (primary N) is 1. The molecule has 1 aromatic rings. The number of rotatable bonds is 7. The molecule has 0 unspecified atom stereocenters. The van der Waals surface area contributed by atoms with Gasteiger partial charge in [-0.1, -0.05) is 30.1 Å². The molecular formula is C14H19Cl2N3O2. The lowest BCUT2D eigenvalue weighted by molar-refractivity contribution is -0.134. The fraction of sp³-hybridized carbons (Fsp3) is 0.429. The highest BCUT2D eigenvalue weighted by atomic mass is 35.5. The number of hydrogen-bond acceptors (Lipinski definition) is 3. The van der Waals surface area contributed by atoms with Gasteiger partial charge in [0.05, 0.1) is 17.3 Å². The molecule has 2 amide bonds. The van der Waals surface area contributed by atoms with E-state index in [2.05, 4.69) is 5.32 Å². The fourth-order valence-electron chi connectivity index (χ4n) is 1.80. The van der Waals surface area contributed by atoms with Crippen LogP contribution in [0.2, 0.25) is 10.0 Å². The van der Waals surface area contributed by atoms with Crippen molar-refractivity contribution in [1.29, 1.82) is 0 Å². The zero-order valence-corrected chi connectivity index (χ0v) is 13.4. The van der Waals surface area contributed by atoms with Crippen molar-refractivity contribution in [3.63, 3.8) is 0 Å². The topological polar surface area (TPSA) is 75.4 Å². The summed E-state index contributed by atoms with van der Waals surface area (Å²) in [6.07, 6.45) is 1.00. The molecule has 116 valence electrons. The summed E-state index contributed by atoms with van der Waals surface area (Å²) in [5.41, 5.74) is 5.84. The SMILES string of the molecule is CCCN(CC(=O)Nc1ccc(Cl)cc1Cl)C(=O)CCN. The van der Waals surface area contributed by atoms with E-state index in [1.54, 1.807) is 18.2 Å². The summed E-state index contributed by atoms with van der Waals surface area (Å²) in [5, 5.41) is 3.51. The molecule has 0 saturated carbocycles. The van der Waals surface area contributed by atoms with Crippen LogP contribution in [0.3, 0.4) is 0 Å². The van der Waals surface area contributed by atoms with E-state index >= 15 is 0 Å². The Morgan fingerprint density at radius 3 is 2.62 bits per heavy atom. The van der Waals surface area contributed by atoms with E-state index in [0.717, 1.165) is 6.42 Å². The molecule has 0 aliphatic heterocycles. The third kappa shape index (κ3) is 5.91. The maximum Gasteiger partial charge on any atom is 0.244 e. The Hall–Kier alpha value is -1.30. The second-order valence-electron chi connectivity index (χ2n) is 4.53. The highest BCUT2D eigenvalue weighted by molar-refractivity contribution is 6.36. The molecule has 0 bridgehead atoms. The van der Waals surface area contributed by atoms with Gasteiger partial charge in [-0.3, -0.25) is 9.59 Å². The van der Waals surface area contributed by atoms with Gasteiger partial charge in [-0.2, -0.15) is 0 Å². The Morgan fingerprint density at radius 2 is 2.05 bits per heavy atom. The summed E-state index contributed by atoms with van der Waals surface area (Å²) >= 11 is 11.8. The molecule has 0 heterocycles. The average Bonchev–Trinajstić information content (AvgIpc) is 2.42. The van der Waals surface area contributed by atoms with E-state index in [1.807, 2.05) is 6.92 Å². The molecule has 0 aliphatic carbocycles. The summed E-state index contributed by atoms with van der Waals surface area (Å²) < 4.78 is 0. The summed E-state index contributed by atoms with van der Waals surface area (Å²) in [6, 6.07) is 4.79. The van der Waals surface area contributed by atoms with Crippen molar-refractivity contribution < 1.29 is 9.59 Å². The van der Waals surface area contributed by atoms with Crippen LogP contribution in [0.5, 0.6) is 0 Å². The van der Waals surface area contributed by atoms with Gasteiger partial charge in [-0.05, 0) is 24.6 Å². The van der Waals surface area contributed by atoms with Crippen LogP contribution in [0.25, 0.3) is 0 Å². The zero-order chi connectivity index (χ0) is 15.8. The summed E-state index contributed by atoms with van der Waals surface area (Å²) in [4.78, 5) is 25.4. The first-order valence-corrected chi connectivity index (χ1v) is 7.46. The van der Waals surface area contributed by atoms with Crippen LogP contribution in [0.4, 0.5) is 5.69 Å². The molecule has 0 radical (unpaired) electrons. The van der Waals surface area contributed by atoms with Gasteiger partial charge >= 0.3 is 0 Å². The maximum absolute atomic E-state index is 12.0. The molecular weight excluding hydrogens is 313 g/mol. The molecule has 0 aliphatic rings. The molecule has 0 atom stereocenters. The van der Waals surface area contributed by atoms with Crippen LogP contribution in [0, 0.1) is 0 Å². The highest BCUT2D eigenvalue weighted by Gasteiger charge is 2.16. The number of amides is 2. The molecule has 0 aromatic heterocycles. The minimum Gasteiger partial charge on any atom is -0.333 e. The number of benzene rings is 1. The Balaban J connectivity index is 2.67. The van der Waals surface area contributed by atoms with Crippen molar-refractivity contribution in [2.45, 2.75) is 19.8 Å². The van der Waals surface area contributed by atoms with Gasteiger partial charge in [-0.15, -0.1) is 0 Å². The highest BCUT2D eigenvalue weighted by Crippen LogP contribution is 2.25. The smallest absolute Gasteiger partial charge is 0.244 e. The molecule has 0 fully saturated rings. The van der Waals surface area contributed by atoms with Crippen LogP contribution >= 0.6 is 23.2 Å². The van der Waals surface area contributed by atoms with Crippen LogP contribution in [-0.4, -0.2) is 36.3 Å². The summed E-state index contributed by atoms with van der Waals surface area (Å²) in [5.74, 6) is -0.435. The standard InChI is InChI=1S/C14H19Cl2N3O2/c1-2-7-19(14(21)5-6-17)9-13(20)18-12-4-3-10(15)8-11(12)16/h3-4,8H,2,5-7,9,17H2,1H3,(H,18,20). The number of carbonyl (C=O) groups is 2. The molecule has 5 nitrogen and oxygen atoms in total. The molecule has 1 aromatic carbocycles.